The van der Waals surface area contributed by atoms with Crippen molar-refractivity contribution in [3.05, 3.63) is 12.7 Å². The van der Waals surface area contributed by atoms with Gasteiger partial charge in [-0.2, -0.15) is 0 Å². The minimum Gasteiger partial charge on any atom is -0.111 e. The van der Waals surface area contributed by atoms with Crippen molar-refractivity contribution in [2.45, 2.75) is 19.0 Å². The maximum Gasteiger partial charge on any atom is 0.204 e. The smallest absolute Gasteiger partial charge is 0.111 e. The molecular formula is C5H10Br2Si. The van der Waals surface area contributed by atoms with Gasteiger partial charge in [-0.25, -0.2) is 0 Å². The van der Waals surface area contributed by atoms with Gasteiger partial charge in [0.2, 0.25) is 5.31 Å². The van der Waals surface area contributed by atoms with E-state index in [1.807, 2.05) is 6.08 Å². The molecule has 0 N–H and O–H groups in total. The van der Waals surface area contributed by atoms with Crippen LogP contribution in [0, 0.1) is 0 Å². The van der Waals surface area contributed by atoms with Crippen molar-refractivity contribution < 1.29 is 0 Å². The Kier molecular flexibility index (Phi) is 4.29. The second-order valence-corrected chi connectivity index (χ2v) is 16.8. The Hall–Kier alpha value is 0.917. The standard InChI is InChI=1S/C5H10Br2Si/c1-3-5-8(6,7)4-2/h3H,1,4-5H2,2H3. The molecule has 0 atom stereocenters. The molecule has 3 heteroatoms. The zero-order valence-electron chi connectivity index (χ0n) is 4.95. The van der Waals surface area contributed by atoms with Gasteiger partial charge in [-0.1, -0.05) is 13.0 Å². The Balaban J connectivity index is 3.53. The molecule has 0 heterocycles. The predicted octanol–water partition coefficient (Wildman–Crippen LogP) is 3.42. The molecular weight excluding hydrogens is 248 g/mol. The summed E-state index contributed by atoms with van der Waals surface area (Å²) in [6.45, 7) is 5.85. The van der Waals surface area contributed by atoms with Gasteiger partial charge in [-0.15, -0.1) is 37.2 Å². The van der Waals surface area contributed by atoms with E-state index in [1.165, 1.54) is 6.04 Å². The van der Waals surface area contributed by atoms with Gasteiger partial charge in [0.05, 0.1) is 0 Å². The van der Waals surface area contributed by atoms with Gasteiger partial charge in [0.1, 0.15) is 0 Å². The molecule has 0 saturated carbocycles. The highest BCUT2D eigenvalue weighted by Gasteiger charge is 2.20. The Bertz CT molecular complexity index is 80.5. The molecule has 0 unspecified atom stereocenters. The first-order chi connectivity index (χ1) is 3.62. The normalized spacial score (nSPS) is 11.4. The topological polar surface area (TPSA) is 0 Å². The summed E-state index contributed by atoms with van der Waals surface area (Å²) in [4.78, 5) is 0. The highest BCUT2D eigenvalue weighted by molar-refractivity contribution is 9.51. The fourth-order valence-corrected chi connectivity index (χ4v) is 2.44. The van der Waals surface area contributed by atoms with Crippen LogP contribution in [0.25, 0.3) is 0 Å². The first-order valence-corrected chi connectivity index (χ1v) is 9.54. The molecule has 48 valence electrons. The number of allylic oxidation sites excluding steroid dienone is 1. The van der Waals surface area contributed by atoms with Crippen LogP contribution in [-0.2, 0) is 0 Å². The van der Waals surface area contributed by atoms with Gasteiger partial charge < -0.3 is 0 Å². The minimum absolute atomic E-state index is 1.10. The van der Waals surface area contributed by atoms with E-state index in [9.17, 15) is 0 Å². The van der Waals surface area contributed by atoms with Crippen molar-refractivity contribution in [3.63, 3.8) is 0 Å². The van der Waals surface area contributed by atoms with E-state index in [4.69, 9.17) is 0 Å². The number of hydrogen-bond acceptors (Lipinski definition) is 0. The van der Waals surface area contributed by atoms with Crippen molar-refractivity contribution in [1.29, 1.82) is 0 Å². The third-order valence-electron chi connectivity index (χ3n) is 0.960. The van der Waals surface area contributed by atoms with Gasteiger partial charge in [-0.3, -0.25) is 0 Å². The van der Waals surface area contributed by atoms with Gasteiger partial charge >= 0.3 is 0 Å². The Labute approximate surface area is 67.5 Å². The Morgan fingerprint density at radius 3 is 2.25 bits per heavy atom. The van der Waals surface area contributed by atoms with Crippen molar-refractivity contribution >= 4 is 35.9 Å². The lowest BCUT2D eigenvalue weighted by Crippen LogP contribution is -2.12. The van der Waals surface area contributed by atoms with E-state index in [1.54, 1.807) is 0 Å². The van der Waals surface area contributed by atoms with E-state index in [-0.39, 0.29) is 0 Å². The molecule has 0 aromatic rings. The van der Waals surface area contributed by atoms with Crippen molar-refractivity contribution in [2.24, 2.45) is 0 Å². The van der Waals surface area contributed by atoms with Crippen molar-refractivity contribution in [2.75, 3.05) is 0 Å². The van der Waals surface area contributed by atoms with Gasteiger partial charge in [0, 0.05) is 0 Å². The molecule has 0 radical (unpaired) electrons. The fraction of sp³-hybridized carbons (Fsp3) is 0.600. The molecule has 0 fully saturated rings. The highest BCUT2D eigenvalue weighted by Crippen LogP contribution is 2.29. The number of hydrogen-bond donors (Lipinski definition) is 0. The Morgan fingerprint density at radius 2 is 2.12 bits per heavy atom. The number of rotatable bonds is 3. The van der Waals surface area contributed by atoms with Crippen LogP contribution in [0.15, 0.2) is 12.7 Å². The molecule has 0 spiro atoms. The largest absolute Gasteiger partial charge is 0.204 e. The molecule has 0 rings (SSSR count). The molecule has 0 saturated heterocycles. The second kappa shape index (κ2) is 3.85. The molecule has 0 nitrogen and oxygen atoms in total. The van der Waals surface area contributed by atoms with Crippen LogP contribution in [0.4, 0.5) is 0 Å². The summed E-state index contributed by atoms with van der Waals surface area (Å²) in [5, 5.41) is -1.17. The van der Waals surface area contributed by atoms with Crippen LogP contribution in [0.1, 0.15) is 6.92 Å². The average Bonchev–Trinajstić information content (AvgIpc) is 1.67. The molecule has 0 aliphatic heterocycles. The first-order valence-electron chi connectivity index (χ1n) is 2.61. The van der Waals surface area contributed by atoms with Crippen LogP contribution >= 0.6 is 30.6 Å². The molecule has 0 aromatic carbocycles. The Morgan fingerprint density at radius 1 is 1.62 bits per heavy atom. The SMILES string of the molecule is C=CC[Si](Br)(Br)CC. The van der Waals surface area contributed by atoms with E-state index in [2.05, 4.69) is 44.1 Å². The summed E-state index contributed by atoms with van der Waals surface area (Å²) < 4.78 is 0. The van der Waals surface area contributed by atoms with Crippen LogP contribution in [0.5, 0.6) is 0 Å². The summed E-state index contributed by atoms with van der Waals surface area (Å²) >= 11 is 7.25. The molecule has 0 aliphatic carbocycles. The molecule has 0 aromatic heterocycles. The minimum atomic E-state index is -1.17. The van der Waals surface area contributed by atoms with Crippen LogP contribution in [0.2, 0.25) is 12.1 Å². The van der Waals surface area contributed by atoms with E-state index >= 15 is 0 Å². The molecule has 8 heavy (non-hydrogen) atoms. The zero-order chi connectivity index (χ0) is 6.62. The molecule has 0 bridgehead atoms. The monoisotopic (exact) mass is 256 g/mol. The summed E-state index contributed by atoms with van der Waals surface area (Å²) in [7, 11) is 0. The van der Waals surface area contributed by atoms with Gasteiger partial charge in [-0.05, 0) is 12.1 Å². The fourth-order valence-electron chi connectivity index (χ4n) is 0.356. The second-order valence-electron chi connectivity index (χ2n) is 1.70. The third-order valence-corrected chi connectivity index (χ3v) is 8.19. The van der Waals surface area contributed by atoms with Crippen LogP contribution in [0.3, 0.4) is 0 Å². The summed E-state index contributed by atoms with van der Waals surface area (Å²) in [6.07, 6.45) is 1.96. The quantitative estimate of drug-likeness (QED) is 0.413. The van der Waals surface area contributed by atoms with E-state index in [0.717, 1.165) is 6.04 Å². The lowest BCUT2D eigenvalue weighted by atomic mass is 10.8. The van der Waals surface area contributed by atoms with Gasteiger partial charge in [0.15, 0.2) is 0 Å². The molecule has 0 aliphatic rings. The zero-order valence-corrected chi connectivity index (χ0v) is 9.13. The van der Waals surface area contributed by atoms with Crippen LogP contribution < -0.4 is 0 Å². The van der Waals surface area contributed by atoms with Crippen molar-refractivity contribution in [3.8, 4) is 0 Å². The lowest BCUT2D eigenvalue weighted by Gasteiger charge is -2.10. The first kappa shape index (κ1) is 8.92. The summed E-state index contributed by atoms with van der Waals surface area (Å²) in [5.74, 6) is 0. The third kappa shape index (κ3) is 3.86. The summed E-state index contributed by atoms with van der Waals surface area (Å²) in [5.41, 5.74) is 0. The lowest BCUT2D eigenvalue weighted by molar-refractivity contribution is 1.41. The summed E-state index contributed by atoms with van der Waals surface area (Å²) in [6, 6.07) is 2.31. The van der Waals surface area contributed by atoms with Crippen molar-refractivity contribution in [1.82, 2.24) is 0 Å². The maximum atomic E-state index is 3.67. The number of halogens is 2. The van der Waals surface area contributed by atoms with E-state index < -0.39 is 5.31 Å². The predicted molar refractivity (Wildman–Crippen MR) is 49.1 cm³/mol. The van der Waals surface area contributed by atoms with Gasteiger partial charge in [0.25, 0.3) is 0 Å². The highest BCUT2D eigenvalue weighted by atomic mass is 79.9. The van der Waals surface area contributed by atoms with Crippen LogP contribution in [-0.4, -0.2) is 5.31 Å². The average molecular weight is 258 g/mol. The molecule has 0 amide bonds. The van der Waals surface area contributed by atoms with E-state index in [0.29, 0.717) is 0 Å². The maximum absolute atomic E-state index is 3.67.